The molecule has 2 atom stereocenters. The van der Waals surface area contributed by atoms with Gasteiger partial charge in [-0.3, -0.25) is 4.90 Å². The minimum absolute atomic E-state index is 0.110. The topological polar surface area (TPSA) is 30.9 Å². The molecule has 1 aliphatic rings. The zero-order valence-corrected chi connectivity index (χ0v) is 12.8. The standard InChI is InChI=1S/C16H25NO3/c1-17(11-15(18-2)19-3)14-10-9-12-7-5-6-8-13(12)16(14)20-4/h5-8,14-16H,9-11H2,1-4H3/t14-,16-/m0/s1. The molecule has 0 spiro atoms. The molecule has 20 heavy (non-hydrogen) atoms. The average molecular weight is 279 g/mol. The van der Waals surface area contributed by atoms with Gasteiger partial charge in [-0.2, -0.15) is 0 Å². The first-order valence-corrected chi connectivity index (χ1v) is 7.07. The molecule has 1 aromatic rings. The monoisotopic (exact) mass is 279 g/mol. The fraction of sp³-hybridized carbons (Fsp3) is 0.625. The third kappa shape index (κ3) is 3.20. The van der Waals surface area contributed by atoms with Gasteiger partial charge in [-0.25, -0.2) is 0 Å². The fourth-order valence-corrected chi connectivity index (χ4v) is 3.05. The van der Waals surface area contributed by atoms with Crippen LogP contribution in [0.1, 0.15) is 23.7 Å². The molecule has 0 fully saturated rings. The number of rotatable bonds is 6. The summed E-state index contributed by atoms with van der Waals surface area (Å²) in [6.45, 7) is 0.736. The SMILES string of the molecule is COC(CN(C)[C@H]1CCc2ccccc2[C@@H]1OC)OC. The lowest BCUT2D eigenvalue weighted by atomic mass is 9.85. The van der Waals surface area contributed by atoms with E-state index < -0.39 is 0 Å². The quantitative estimate of drug-likeness (QED) is 0.747. The second kappa shape index (κ2) is 7.18. The van der Waals surface area contributed by atoms with E-state index in [4.69, 9.17) is 14.2 Å². The Morgan fingerprint density at radius 3 is 2.55 bits per heavy atom. The first-order valence-electron chi connectivity index (χ1n) is 7.07. The van der Waals surface area contributed by atoms with Crippen LogP contribution in [0.5, 0.6) is 0 Å². The van der Waals surface area contributed by atoms with Gasteiger partial charge in [0, 0.05) is 33.9 Å². The highest BCUT2D eigenvalue weighted by atomic mass is 16.7. The van der Waals surface area contributed by atoms with Crippen LogP contribution < -0.4 is 0 Å². The van der Waals surface area contributed by atoms with E-state index in [-0.39, 0.29) is 12.4 Å². The number of nitrogens with zero attached hydrogens (tertiary/aromatic N) is 1. The van der Waals surface area contributed by atoms with E-state index in [0.29, 0.717) is 6.04 Å². The summed E-state index contributed by atoms with van der Waals surface area (Å²) in [5, 5.41) is 0. The first kappa shape index (κ1) is 15.4. The van der Waals surface area contributed by atoms with Gasteiger partial charge in [0.05, 0.1) is 6.10 Å². The number of fused-ring (bicyclic) bond motifs is 1. The molecule has 1 aliphatic carbocycles. The summed E-state index contributed by atoms with van der Waals surface area (Å²) in [4.78, 5) is 2.28. The van der Waals surface area contributed by atoms with Crippen LogP contribution in [0.3, 0.4) is 0 Å². The Kier molecular flexibility index (Phi) is 5.54. The molecule has 0 aromatic heterocycles. The lowest BCUT2D eigenvalue weighted by Crippen LogP contribution is -2.44. The Hall–Kier alpha value is -0.940. The minimum atomic E-state index is -0.199. The average Bonchev–Trinajstić information content (AvgIpc) is 2.51. The zero-order valence-electron chi connectivity index (χ0n) is 12.8. The van der Waals surface area contributed by atoms with Crippen LogP contribution in [0.4, 0.5) is 0 Å². The molecular formula is C16H25NO3. The van der Waals surface area contributed by atoms with E-state index >= 15 is 0 Å². The Balaban J connectivity index is 2.13. The van der Waals surface area contributed by atoms with Gasteiger partial charge in [-0.15, -0.1) is 0 Å². The van der Waals surface area contributed by atoms with Gasteiger partial charge >= 0.3 is 0 Å². The Bertz CT molecular complexity index is 420. The van der Waals surface area contributed by atoms with Crippen LogP contribution >= 0.6 is 0 Å². The summed E-state index contributed by atoms with van der Waals surface area (Å²) < 4.78 is 16.4. The molecule has 0 amide bonds. The summed E-state index contributed by atoms with van der Waals surface area (Å²) in [5.74, 6) is 0. The van der Waals surface area contributed by atoms with Gasteiger partial charge in [0.25, 0.3) is 0 Å². The van der Waals surface area contributed by atoms with Crippen molar-refractivity contribution in [2.45, 2.75) is 31.3 Å². The highest BCUT2D eigenvalue weighted by Gasteiger charge is 2.32. The van der Waals surface area contributed by atoms with Crippen LogP contribution in [0.25, 0.3) is 0 Å². The summed E-state index contributed by atoms with van der Waals surface area (Å²) in [6, 6.07) is 8.91. The molecule has 0 heterocycles. The van der Waals surface area contributed by atoms with E-state index in [2.05, 4.69) is 36.2 Å². The van der Waals surface area contributed by atoms with E-state index in [1.165, 1.54) is 11.1 Å². The molecule has 0 N–H and O–H groups in total. The molecular weight excluding hydrogens is 254 g/mol. The summed E-state index contributed by atoms with van der Waals surface area (Å²) in [5.41, 5.74) is 2.71. The van der Waals surface area contributed by atoms with Gasteiger partial charge < -0.3 is 14.2 Å². The molecule has 0 aliphatic heterocycles. The maximum Gasteiger partial charge on any atom is 0.169 e. The van der Waals surface area contributed by atoms with Crippen LogP contribution in [0, 0.1) is 0 Å². The number of benzene rings is 1. The molecule has 0 radical (unpaired) electrons. The number of ether oxygens (including phenoxy) is 3. The lowest BCUT2D eigenvalue weighted by Gasteiger charge is -2.39. The Labute approximate surface area is 121 Å². The van der Waals surface area contributed by atoms with E-state index in [0.717, 1.165) is 19.4 Å². The van der Waals surface area contributed by atoms with Crippen LogP contribution in [0.2, 0.25) is 0 Å². The predicted octanol–water partition coefficient (Wildman–Crippen LogP) is 2.24. The minimum Gasteiger partial charge on any atom is -0.375 e. The molecule has 4 nitrogen and oxygen atoms in total. The largest absolute Gasteiger partial charge is 0.375 e. The number of hydrogen-bond donors (Lipinski definition) is 0. The molecule has 0 bridgehead atoms. The van der Waals surface area contributed by atoms with Crippen molar-refractivity contribution < 1.29 is 14.2 Å². The molecule has 2 rings (SSSR count). The summed E-state index contributed by atoms with van der Waals surface area (Å²) >= 11 is 0. The molecule has 1 aromatic carbocycles. The van der Waals surface area contributed by atoms with Gasteiger partial charge in [0.2, 0.25) is 0 Å². The first-order chi connectivity index (χ1) is 9.71. The third-order valence-electron chi connectivity index (χ3n) is 4.20. The Morgan fingerprint density at radius 2 is 1.90 bits per heavy atom. The van der Waals surface area contributed by atoms with Crippen molar-refractivity contribution in [1.29, 1.82) is 0 Å². The van der Waals surface area contributed by atoms with Crippen molar-refractivity contribution in [1.82, 2.24) is 4.90 Å². The van der Waals surface area contributed by atoms with E-state index in [1.807, 2.05) is 0 Å². The normalized spacial score (nSPS) is 22.3. The van der Waals surface area contributed by atoms with Crippen LogP contribution in [0.15, 0.2) is 24.3 Å². The van der Waals surface area contributed by atoms with Crippen LogP contribution in [-0.2, 0) is 20.6 Å². The Morgan fingerprint density at radius 1 is 1.20 bits per heavy atom. The second-order valence-electron chi connectivity index (χ2n) is 5.30. The van der Waals surface area contributed by atoms with Crippen molar-refractivity contribution in [2.75, 3.05) is 34.9 Å². The van der Waals surface area contributed by atoms with Crippen molar-refractivity contribution in [2.24, 2.45) is 0 Å². The van der Waals surface area contributed by atoms with Crippen molar-refractivity contribution in [3.63, 3.8) is 0 Å². The zero-order chi connectivity index (χ0) is 14.5. The van der Waals surface area contributed by atoms with Gasteiger partial charge in [-0.1, -0.05) is 24.3 Å². The second-order valence-corrected chi connectivity index (χ2v) is 5.30. The van der Waals surface area contributed by atoms with Crippen molar-refractivity contribution in [3.8, 4) is 0 Å². The molecule has 0 saturated carbocycles. The molecule has 112 valence electrons. The van der Waals surface area contributed by atoms with Gasteiger partial charge in [0.15, 0.2) is 6.29 Å². The van der Waals surface area contributed by atoms with Crippen LogP contribution in [-0.4, -0.2) is 52.2 Å². The maximum absolute atomic E-state index is 5.78. The van der Waals surface area contributed by atoms with E-state index in [9.17, 15) is 0 Å². The third-order valence-corrected chi connectivity index (χ3v) is 4.20. The predicted molar refractivity (Wildman–Crippen MR) is 78.7 cm³/mol. The summed E-state index contributed by atoms with van der Waals surface area (Å²) in [6.07, 6.45) is 2.09. The van der Waals surface area contributed by atoms with Gasteiger partial charge in [0.1, 0.15) is 0 Å². The molecule has 0 unspecified atom stereocenters. The number of methoxy groups -OCH3 is 3. The van der Waals surface area contributed by atoms with Crippen molar-refractivity contribution in [3.05, 3.63) is 35.4 Å². The van der Waals surface area contributed by atoms with Gasteiger partial charge in [-0.05, 0) is 31.0 Å². The maximum atomic E-state index is 5.78. The number of likely N-dealkylation sites (N-methyl/N-ethyl adjacent to an activating group) is 1. The number of hydrogen-bond acceptors (Lipinski definition) is 4. The smallest absolute Gasteiger partial charge is 0.169 e. The lowest BCUT2D eigenvalue weighted by molar-refractivity contribution is -0.124. The van der Waals surface area contributed by atoms with Crippen molar-refractivity contribution >= 4 is 0 Å². The molecule has 0 saturated heterocycles. The fourth-order valence-electron chi connectivity index (χ4n) is 3.05. The molecule has 4 heteroatoms. The highest BCUT2D eigenvalue weighted by Crippen LogP contribution is 2.34. The van der Waals surface area contributed by atoms with E-state index in [1.54, 1.807) is 21.3 Å². The highest BCUT2D eigenvalue weighted by molar-refractivity contribution is 5.33. The summed E-state index contributed by atoms with van der Waals surface area (Å²) in [7, 11) is 7.24. The number of aryl methyl sites for hydroxylation is 1.